The lowest BCUT2D eigenvalue weighted by Crippen LogP contribution is -2.28. The first-order chi connectivity index (χ1) is 10.2. The Morgan fingerprint density at radius 2 is 1.62 bits per heavy atom. The molecule has 0 atom stereocenters. The molecule has 0 spiro atoms. The van der Waals surface area contributed by atoms with Crippen LogP contribution in [0.4, 0.5) is 5.69 Å². The molecule has 4 heteroatoms. The zero-order chi connectivity index (χ0) is 14.8. The molecule has 0 aromatic heterocycles. The predicted octanol–water partition coefficient (Wildman–Crippen LogP) is 3.69. The third-order valence-corrected chi connectivity index (χ3v) is 4.86. The van der Waals surface area contributed by atoms with E-state index in [2.05, 4.69) is 51.2 Å². The number of nitrogens with two attached hydrogens (primary N) is 1. The molecule has 0 aliphatic carbocycles. The number of fused-ring (bicyclic) bond motifs is 1. The molecule has 2 N–H and O–H groups in total. The summed E-state index contributed by atoms with van der Waals surface area (Å²) in [6, 6.07) is 14.8. The summed E-state index contributed by atoms with van der Waals surface area (Å²) >= 11 is 8.80. The lowest BCUT2D eigenvalue weighted by Gasteiger charge is -2.25. The highest BCUT2D eigenvalue weighted by Crippen LogP contribution is 2.29. The normalized spacial score (nSPS) is 14.4. The van der Waals surface area contributed by atoms with Crippen LogP contribution in [-0.2, 0) is 12.8 Å². The molecule has 2 nitrogen and oxygen atoms in total. The average Bonchev–Trinajstić information content (AvgIpc) is 2.69. The predicted molar refractivity (Wildman–Crippen MR) is 96.1 cm³/mol. The maximum Gasteiger partial charge on any atom is 0.107 e. The number of anilines is 1. The third-order valence-electron chi connectivity index (χ3n) is 4.00. The standard InChI is InChI=1S/C17H17BrN2S/c18-14-6-3-7-15(16(14)17(19)21)20-10-8-12-4-1-2-5-13(12)9-11-20/h1-7H,8-11H2,(H2,19,21). The van der Waals surface area contributed by atoms with Crippen molar-refractivity contribution in [2.75, 3.05) is 18.0 Å². The lowest BCUT2D eigenvalue weighted by molar-refractivity contribution is 0.805. The van der Waals surface area contributed by atoms with Gasteiger partial charge in [-0.05, 0) is 52.0 Å². The maximum atomic E-state index is 5.92. The quantitative estimate of drug-likeness (QED) is 0.828. The highest BCUT2D eigenvalue weighted by Gasteiger charge is 2.18. The summed E-state index contributed by atoms with van der Waals surface area (Å²) < 4.78 is 0.967. The molecular weight excluding hydrogens is 344 g/mol. The van der Waals surface area contributed by atoms with Crippen LogP contribution in [0.2, 0.25) is 0 Å². The Morgan fingerprint density at radius 1 is 1.00 bits per heavy atom. The van der Waals surface area contributed by atoms with E-state index in [0.717, 1.165) is 41.7 Å². The first-order valence-electron chi connectivity index (χ1n) is 7.07. The second-order valence-corrected chi connectivity index (χ2v) is 6.55. The van der Waals surface area contributed by atoms with Crippen LogP contribution in [0.3, 0.4) is 0 Å². The molecule has 3 rings (SSSR count). The van der Waals surface area contributed by atoms with Crippen molar-refractivity contribution in [2.24, 2.45) is 5.73 Å². The van der Waals surface area contributed by atoms with Gasteiger partial charge in [-0.25, -0.2) is 0 Å². The molecule has 0 unspecified atom stereocenters. The molecule has 21 heavy (non-hydrogen) atoms. The van der Waals surface area contributed by atoms with Gasteiger partial charge in [0.2, 0.25) is 0 Å². The first-order valence-corrected chi connectivity index (χ1v) is 8.27. The SMILES string of the molecule is NC(=S)c1c(Br)cccc1N1CCc2ccccc2CC1. The number of hydrogen-bond donors (Lipinski definition) is 1. The smallest absolute Gasteiger partial charge is 0.107 e. The fraction of sp³-hybridized carbons (Fsp3) is 0.235. The highest BCUT2D eigenvalue weighted by atomic mass is 79.9. The zero-order valence-corrected chi connectivity index (χ0v) is 14.1. The third kappa shape index (κ3) is 2.97. The molecule has 1 aliphatic rings. The van der Waals surface area contributed by atoms with Gasteiger partial charge < -0.3 is 10.6 Å². The summed E-state index contributed by atoms with van der Waals surface area (Å²) in [7, 11) is 0. The summed E-state index contributed by atoms with van der Waals surface area (Å²) in [4.78, 5) is 2.83. The largest absolute Gasteiger partial charge is 0.389 e. The number of hydrogen-bond acceptors (Lipinski definition) is 2. The van der Waals surface area contributed by atoms with Crippen LogP contribution in [0, 0.1) is 0 Å². The Hall–Kier alpha value is -1.39. The van der Waals surface area contributed by atoms with Crippen molar-refractivity contribution in [3.63, 3.8) is 0 Å². The van der Waals surface area contributed by atoms with E-state index in [1.165, 1.54) is 11.1 Å². The maximum absolute atomic E-state index is 5.92. The number of nitrogens with zero attached hydrogens (tertiary/aromatic N) is 1. The number of rotatable bonds is 2. The minimum Gasteiger partial charge on any atom is -0.389 e. The van der Waals surface area contributed by atoms with Gasteiger partial charge in [0.25, 0.3) is 0 Å². The molecule has 1 aliphatic heterocycles. The van der Waals surface area contributed by atoms with Crippen molar-refractivity contribution in [2.45, 2.75) is 12.8 Å². The second-order valence-electron chi connectivity index (χ2n) is 5.25. The van der Waals surface area contributed by atoms with E-state index in [1.54, 1.807) is 0 Å². The Bertz CT molecular complexity index is 657. The van der Waals surface area contributed by atoms with Crippen molar-refractivity contribution in [3.05, 3.63) is 63.6 Å². The van der Waals surface area contributed by atoms with Gasteiger partial charge in [0.05, 0.1) is 0 Å². The first kappa shape index (κ1) is 14.5. The molecule has 0 amide bonds. The Balaban J connectivity index is 1.93. The molecular formula is C17H17BrN2S. The average molecular weight is 361 g/mol. The molecule has 1 heterocycles. The minimum atomic E-state index is 0.444. The topological polar surface area (TPSA) is 29.3 Å². The van der Waals surface area contributed by atoms with Gasteiger partial charge in [-0.15, -0.1) is 0 Å². The summed E-state index contributed by atoms with van der Waals surface area (Å²) in [6.45, 7) is 1.98. The van der Waals surface area contributed by atoms with E-state index in [1.807, 2.05) is 12.1 Å². The molecule has 2 aromatic rings. The van der Waals surface area contributed by atoms with Crippen molar-refractivity contribution in [1.29, 1.82) is 0 Å². The molecule has 0 radical (unpaired) electrons. The van der Waals surface area contributed by atoms with Crippen molar-refractivity contribution in [3.8, 4) is 0 Å². The molecule has 108 valence electrons. The second kappa shape index (κ2) is 6.16. The summed E-state index contributed by atoms with van der Waals surface area (Å²) in [5.41, 5.74) is 10.9. The van der Waals surface area contributed by atoms with Gasteiger partial charge >= 0.3 is 0 Å². The fourth-order valence-electron chi connectivity index (χ4n) is 2.93. The van der Waals surface area contributed by atoms with E-state index < -0.39 is 0 Å². The zero-order valence-electron chi connectivity index (χ0n) is 11.7. The van der Waals surface area contributed by atoms with E-state index in [0.29, 0.717) is 4.99 Å². The van der Waals surface area contributed by atoms with Crippen molar-refractivity contribution < 1.29 is 0 Å². The van der Waals surface area contributed by atoms with Crippen LogP contribution in [0.5, 0.6) is 0 Å². The highest BCUT2D eigenvalue weighted by molar-refractivity contribution is 9.10. The van der Waals surface area contributed by atoms with E-state index >= 15 is 0 Å². The van der Waals surface area contributed by atoms with Gasteiger partial charge in [-0.3, -0.25) is 0 Å². The van der Waals surface area contributed by atoms with Crippen LogP contribution in [0.25, 0.3) is 0 Å². The van der Waals surface area contributed by atoms with Gasteiger partial charge in [-0.1, -0.05) is 42.5 Å². The van der Waals surface area contributed by atoms with E-state index in [4.69, 9.17) is 18.0 Å². The van der Waals surface area contributed by atoms with Crippen LogP contribution in [-0.4, -0.2) is 18.1 Å². The molecule has 0 saturated heterocycles. The van der Waals surface area contributed by atoms with Crippen molar-refractivity contribution in [1.82, 2.24) is 0 Å². The fourth-order valence-corrected chi connectivity index (χ4v) is 3.84. The van der Waals surface area contributed by atoms with E-state index in [-0.39, 0.29) is 0 Å². The van der Waals surface area contributed by atoms with Gasteiger partial charge in [0.1, 0.15) is 4.99 Å². The Kier molecular flexibility index (Phi) is 4.27. The summed E-state index contributed by atoms with van der Waals surface area (Å²) in [5.74, 6) is 0. The number of benzene rings is 2. The van der Waals surface area contributed by atoms with Crippen LogP contribution in [0.1, 0.15) is 16.7 Å². The molecule has 2 aromatic carbocycles. The van der Waals surface area contributed by atoms with Gasteiger partial charge in [0, 0.05) is 28.8 Å². The molecule has 0 saturated carbocycles. The van der Waals surface area contributed by atoms with Crippen LogP contribution < -0.4 is 10.6 Å². The van der Waals surface area contributed by atoms with Gasteiger partial charge in [-0.2, -0.15) is 0 Å². The summed E-state index contributed by atoms with van der Waals surface area (Å²) in [6.07, 6.45) is 2.11. The monoisotopic (exact) mass is 360 g/mol. The number of halogens is 1. The number of thiocarbonyl (C=S) groups is 1. The molecule has 0 bridgehead atoms. The Labute approximate surface area is 139 Å². The summed E-state index contributed by atoms with van der Waals surface area (Å²) in [5, 5.41) is 0. The molecule has 0 fully saturated rings. The van der Waals surface area contributed by atoms with Gasteiger partial charge in [0.15, 0.2) is 0 Å². The lowest BCUT2D eigenvalue weighted by atomic mass is 10.0. The van der Waals surface area contributed by atoms with Crippen molar-refractivity contribution >= 4 is 38.8 Å². The van der Waals surface area contributed by atoms with E-state index in [9.17, 15) is 0 Å². The van der Waals surface area contributed by atoms with Crippen LogP contribution >= 0.6 is 28.1 Å². The Morgan fingerprint density at radius 3 is 2.19 bits per heavy atom. The minimum absolute atomic E-state index is 0.444. The van der Waals surface area contributed by atoms with Crippen LogP contribution in [0.15, 0.2) is 46.9 Å².